The molecule has 0 aliphatic rings. The second kappa shape index (κ2) is 7.81. The third-order valence-electron chi connectivity index (χ3n) is 2.57. The van der Waals surface area contributed by atoms with Crippen molar-refractivity contribution in [3.8, 4) is 0 Å². The Morgan fingerprint density at radius 1 is 1.29 bits per heavy atom. The first-order chi connectivity index (χ1) is 6.61. The van der Waals surface area contributed by atoms with Crippen LogP contribution >= 0.6 is 0 Å². The van der Waals surface area contributed by atoms with Gasteiger partial charge in [0.15, 0.2) is 0 Å². The Bertz CT molecular complexity index is 180. The van der Waals surface area contributed by atoms with Gasteiger partial charge in [-0.15, -0.1) is 0 Å². The standard InChI is InChI=1S/C13H25N/c1-5-6-13(9-10-14)12(4)8-7-11(2)3/h5-6,11-12H,1,7-10,14H2,2-4H3/b13-6+. The molecule has 0 aliphatic heterocycles. The van der Waals surface area contributed by atoms with Gasteiger partial charge in [0.2, 0.25) is 0 Å². The highest BCUT2D eigenvalue weighted by atomic mass is 14.5. The minimum atomic E-state index is 0.652. The highest BCUT2D eigenvalue weighted by Crippen LogP contribution is 2.21. The van der Waals surface area contributed by atoms with Gasteiger partial charge in [0.25, 0.3) is 0 Å². The number of hydrogen-bond acceptors (Lipinski definition) is 1. The Morgan fingerprint density at radius 2 is 1.93 bits per heavy atom. The van der Waals surface area contributed by atoms with Crippen LogP contribution in [0.15, 0.2) is 24.3 Å². The predicted molar refractivity (Wildman–Crippen MR) is 65.2 cm³/mol. The summed E-state index contributed by atoms with van der Waals surface area (Å²) in [5, 5.41) is 0. The van der Waals surface area contributed by atoms with E-state index in [4.69, 9.17) is 5.73 Å². The fourth-order valence-electron chi connectivity index (χ4n) is 1.58. The van der Waals surface area contributed by atoms with Crippen molar-refractivity contribution in [1.82, 2.24) is 0 Å². The molecule has 0 aromatic heterocycles. The summed E-state index contributed by atoms with van der Waals surface area (Å²) in [5.41, 5.74) is 7.03. The highest BCUT2D eigenvalue weighted by molar-refractivity contribution is 5.13. The summed E-state index contributed by atoms with van der Waals surface area (Å²) in [7, 11) is 0. The number of allylic oxidation sites excluding steroid dienone is 2. The maximum absolute atomic E-state index is 5.58. The zero-order chi connectivity index (χ0) is 11.0. The smallest absolute Gasteiger partial charge is 0.00397 e. The van der Waals surface area contributed by atoms with Crippen LogP contribution in [0, 0.1) is 11.8 Å². The molecule has 0 amide bonds. The summed E-state index contributed by atoms with van der Waals surface area (Å²) in [6.45, 7) is 11.3. The lowest BCUT2D eigenvalue weighted by Crippen LogP contribution is -2.07. The van der Waals surface area contributed by atoms with Gasteiger partial charge in [-0.3, -0.25) is 0 Å². The summed E-state index contributed by atoms with van der Waals surface area (Å²) in [6.07, 6.45) is 7.55. The van der Waals surface area contributed by atoms with E-state index < -0.39 is 0 Å². The van der Waals surface area contributed by atoms with Gasteiger partial charge in [-0.2, -0.15) is 0 Å². The summed E-state index contributed by atoms with van der Waals surface area (Å²) < 4.78 is 0. The van der Waals surface area contributed by atoms with Crippen LogP contribution < -0.4 is 5.73 Å². The van der Waals surface area contributed by atoms with E-state index >= 15 is 0 Å². The van der Waals surface area contributed by atoms with Gasteiger partial charge < -0.3 is 5.73 Å². The van der Waals surface area contributed by atoms with Gasteiger partial charge >= 0.3 is 0 Å². The van der Waals surface area contributed by atoms with Crippen LogP contribution in [0.1, 0.15) is 40.0 Å². The molecule has 82 valence electrons. The molecule has 0 aromatic rings. The van der Waals surface area contributed by atoms with Gasteiger partial charge in [-0.25, -0.2) is 0 Å². The van der Waals surface area contributed by atoms with E-state index in [0.717, 1.165) is 18.9 Å². The Morgan fingerprint density at radius 3 is 2.36 bits per heavy atom. The molecule has 1 unspecified atom stereocenters. The molecule has 1 atom stereocenters. The molecule has 0 spiro atoms. The van der Waals surface area contributed by atoms with Crippen LogP contribution in [0.3, 0.4) is 0 Å². The molecular weight excluding hydrogens is 170 g/mol. The maximum Gasteiger partial charge on any atom is -0.00397 e. The Balaban J connectivity index is 4.08. The molecule has 0 aromatic carbocycles. The first-order valence-corrected chi connectivity index (χ1v) is 5.63. The van der Waals surface area contributed by atoms with Gasteiger partial charge in [-0.1, -0.05) is 51.5 Å². The van der Waals surface area contributed by atoms with Gasteiger partial charge in [0.05, 0.1) is 0 Å². The molecule has 0 saturated heterocycles. The third-order valence-corrected chi connectivity index (χ3v) is 2.57. The van der Waals surface area contributed by atoms with Crippen LogP contribution in [0.25, 0.3) is 0 Å². The second-order valence-corrected chi connectivity index (χ2v) is 4.39. The Kier molecular flexibility index (Phi) is 7.50. The average Bonchev–Trinajstić information content (AvgIpc) is 2.14. The summed E-state index contributed by atoms with van der Waals surface area (Å²) in [6, 6.07) is 0. The molecule has 1 nitrogen and oxygen atoms in total. The quantitative estimate of drug-likeness (QED) is 0.618. The summed E-state index contributed by atoms with van der Waals surface area (Å²) in [4.78, 5) is 0. The number of nitrogens with two attached hydrogens (primary N) is 1. The lowest BCUT2D eigenvalue weighted by molar-refractivity contribution is 0.482. The van der Waals surface area contributed by atoms with E-state index in [9.17, 15) is 0 Å². The van der Waals surface area contributed by atoms with Crippen LogP contribution in [-0.2, 0) is 0 Å². The molecule has 0 heterocycles. The van der Waals surface area contributed by atoms with E-state index in [0.29, 0.717) is 5.92 Å². The minimum absolute atomic E-state index is 0.652. The van der Waals surface area contributed by atoms with E-state index in [1.54, 1.807) is 0 Å². The second-order valence-electron chi connectivity index (χ2n) is 4.39. The zero-order valence-electron chi connectivity index (χ0n) is 9.92. The molecule has 14 heavy (non-hydrogen) atoms. The topological polar surface area (TPSA) is 26.0 Å². The number of rotatable bonds is 7. The van der Waals surface area contributed by atoms with Crippen molar-refractivity contribution >= 4 is 0 Å². The van der Waals surface area contributed by atoms with Crippen LogP contribution in [-0.4, -0.2) is 6.54 Å². The molecule has 0 aliphatic carbocycles. The Labute approximate surface area is 89.1 Å². The predicted octanol–water partition coefficient (Wildman–Crippen LogP) is 3.52. The first kappa shape index (κ1) is 13.4. The van der Waals surface area contributed by atoms with E-state index in [1.165, 1.54) is 18.4 Å². The minimum Gasteiger partial charge on any atom is -0.330 e. The van der Waals surface area contributed by atoms with Crippen LogP contribution in [0.4, 0.5) is 0 Å². The molecule has 2 N–H and O–H groups in total. The van der Waals surface area contributed by atoms with Crippen molar-refractivity contribution in [1.29, 1.82) is 0 Å². The van der Waals surface area contributed by atoms with Crippen molar-refractivity contribution in [3.05, 3.63) is 24.3 Å². The summed E-state index contributed by atoms with van der Waals surface area (Å²) in [5.74, 6) is 1.44. The summed E-state index contributed by atoms with van der Waals surface area (Å²) >= 11 is 0. The fraction of sp³-hybridized carbons (Fsp3) is 0.692. The number of hydrogen-bond donors (Lipinski definition) is 1. The Hall–Kier alpha value is -0.560. The fourth-order valence-corrected chi connectivity index (χ4v) is 1.58. The lowest BCUT2D eigenvalue weighted by atomic mass is 9.90. The molecule has 0 saturated carbocycles. The first-order valence-electron chi connectivity index (χ1n) is 5.63. The van der Waals surface area contributed by atoms with Gasteiger partial charge in [0, 0.05) is 0 Å². The maximum atomic E-state index is 5.58. The SMILES string of the molecule is C=C/C=C(\CCN)C(C)CCC(C)C. The van der Waals surface area contributed by atoms with Crippen molar-refractivity contribution in [3.63, 3.8) is 0 Å². The van der Waals surface area contributed by atoms with E-state index in [-0.39, 0.29) is 0 Å². The highest BCUT2D eigenvalue weighted by Gasteiger charge is 2.08. The van der Waals surface area contributed by atoms with Crippen molar-refractivity contribution in [2.24, 2.45) is 17.6 Å². The molecule has 0 fully saturated rings. The third kappa shape index (κ3) is 5.98. The largest absolute Gasteiger partial charge is 0.330 e. The van der Waals surface area contributed by atoms with Crippen molar-refractivity contribution in [2.75, 3.05) is 6.54 Å². The van der Waals surface area contributed by atoms with Crippen molar-refractivity contribution in [2.45, 2.75) is 40.0 Å². The molecule has 0 radical (unpaired) electrons. The molecule has 0 rings (SSSR count). The molecule has 0 bridgehead atoms. The monoisotopic (exact) mass is 195 g/mol. The average molecular weight is 195 g/mol. The molecular formula is C13H25N. The molecule has 1 heteroatoms. The van der Waals surface area contributed by atoms with E-state index in [1.807, 2.05) is 6.08 Å². The van der Waals surface area contributed by atoms with Gasteiger partial charge in [-0.05, 0) is 31.2 Å². The van der Waals surface area contributed by atoms with Crippen molar-refractivity contribution < 1.29 is 0 Å². The normalized spacial score (nSPS) is 14.5. The van der Waals surface area contributed by atoms with E-state index in [2.05, 4.69) is 33.4 Å². The van der Waals surface area contributed by atoms with Gasteiger partial charge in [0.1, 0.15) is 0 Å². The lowest BCUT2D eigenvalue weighted by Gasteiger charge is -2.16. The van der Waals surface area contributed by atoms with Crippen LogP contribution in [0.5, 0.6) is 0 Å². The zero-order valence-corrected chi connectivity index (χ0v) is 9.92. The van der Waals surface area contributed by atoms with Crippen LogP contribution in [0.2, 0.25) is 0 Å².